The summed E-state index contributed by atoms with van der Waals surface area (Å²) in [5.41, 5.74) is 0.228. The predicted molar refractivity (Wildman–Crippen MR) is 102 cm³/mol. The highest BCUT2D eigenvalue weighted by Gasteiger charge is 2.24. The third kappa shape index (κ3) is 6.17. The summed E-state index contributed by atoms with van der Waals surface area (Å²) < 4.78 is 33.8. The molecule has 7 nitrogen and oxygen atoms in total. The Morgan fingerprint density at radius 1 is 1.52 bits per heavy atom. The normalized spacial score (nSPS) is 14.5. The summed E-state index contributed by atoms with van der Waals surface area (Å²) in [6.07, 6.45) is 0. The minimum Gasteiger partial charge on any atom is -0.495 e. The number of nitrogens with one attached hydrogen (secondary N) is 2. The minimum absolute atomic E-state index is 0.0716. The molecule has 1 atom stereocenters. The second kappa shape index (κ2) is 11.2. The Bertz CT molecular complexity index is 677. The van der Waals surface area contributed by atoms with Gasteiger partial charge in [0.05, 0.1) is 37.5 Å². The van der Waals surface area contributed by atoms with E-state index in [4.69, 9.17) is 30.5 Å². The Morgan fingerprint density at radius 2 is 2.33 bits per heavy atom. The summed E-state index contributed by atoms with van der Waals surface area (Å²) in [6, 6.07) is 5.11. The minimum atomic E-state index is -0.717. The van der Waals surface area contributed by atoms with E-state index in [0.29, 0.717) is 34.4 Å². The molecule has 1 aliphatic rings. The molecular weight excluding hydrogens is 399 g/mol. The lowest BCUT2D eigenvalue weighted by Crippen LogP contribution is -2.33. The molecule has 1 aliphatic heterocycles. The van der Waals surface area contributed by atoms with Gasteiger partial charge in [0.2, 0.25) is 0 Å². The number of hydrogen-bond donors (Lipinski definition) is 2. The van der Waals surface area contributed by atoms with Gasteiger partial charge in [-0.1, -0.05) is 11.6 Å². The summed E-state index contributed by atoms with van der Waals surface area (Å²) in [5.74, 6) is 0.571. The van der Waals surface area contributed by atoms with Crippen LogP contribution in [0.5, 0.6) is 5.75 Å². The molecule has 0 radical (unpaired) electrons. The van der Waals surface area contributed by atoms with Gasteiger partial charge < -0.3 is 29.6 Å². The van der Waals surface area contributed by atoms with Crippen LogP contribution in [0, 0.1) is 0 Å². The molecule has 0 fully saturated rings. The molecule has 27 heavy (non-hydrogen) atoms. The van der Waals surface area contributed by atoms with Crippen LogP contribution in [0.4, 0.5) is 3.89 Å². The average Bonchev–Trinajstić information content (AvgIpc) is 3.17. The molecule has 0 saturated heterocycles. The van der Waals surface area contributed by atoms with Crippen LogP contribution in [0.1, 0.15) is 12.5 Å². The molecule has 10 heteroatoms. The molecule has 1 unspecified atom stereocenters. The van der Waals surface area contributed by atoms with Crippen LogP contribution in [0.3, 0.4) is 0 Å². The van der Waals surface area contributed by atoms with Crippen LogP contribution >= 0.6 is 23.7 Å². The van der Waals surface area contributed by atoms with Crippen molar-refractivity contribution in [1.29, 1.82) is 0 Å². The van der Waals surface area contributed by atoms with Crippen molar-refractivity contribution in [2.75, 3.05) is 40.2 Å². The van der Waals surface area contributed by atoms with Crippen molar-refractivity contribution in [2.45, 2.75) is 12.4 Å². The van der Waals surface area contributed by atoms with E-state index in [1.54, 1.807) is 18.2 Å². The van der Waals surface area contributed by atoms with Crippen molar-refractivity contribution in [3.05, 3.63) is 34.5 Å². The number of halogens is 2. The maximum atomic E-state index is 12.7. The van der Waals surface area contributed by atoms with E-state index in [1.807, 2.05) is 6.92 Å². The fraction of sp³-hybridized carbons (Fsp3) is 0.471. The van der Waals surface area contributed by atoms with E-state index in [9.17, 15) is 8.68 Å². The summed E-state index contributed by atoms with van der Waals surface area (Å²) >= 11 is 6.21. The first-order valence-corrected chi connectivity index (χ1v) is 9.46. The van der Waals surface area contributed by atoms with Gasteiger partial charge in [-0.05, 0) is 25.1 Å². The van der Waals surface area contributed by atoms with Gasteiger partial charge in [0.25, 0.3) is 5.91 Å². The van der Waals surface area contributed by atoms with Gasteiger partial charge in [-0.25, -0.2) is 0 Å². The third-order valence-electron chi connectivity index (χ3n) is 3.58. The fourth-order valence-corrected chi connectivity index (χ4v) is 2.86. The zero-order chi connectivity index (χ0) is 19.6. The molecule has 2 rings (SSSR count). The van der Waals surface area contributed by atoms with E-state index >= 15 is 0 Å². The van der Waals surface area contributed by atoms with E-state index in [-0.39, 0.29) is 44.5 Å². The summed E-state index contributed by atoms with van der Waals surface area (Å²) in [5, 5.41) is 6.00. The number of rotatable bonds is 11. The van der Waals surface area contributed by atoms with Gasteiger partial charge in [0, 0.05) is 18.7 Å². The number of amides is 1. The Kier molecular flexibility index (Phi) is 8.99. The largest absolute Gasteiger partial charge is 0.495 e. The Balaban J connectivity index is 1.92. The Hall–Kier alpha value is -1.68. The molecule has 150 valence electrons. The molecule has 1 aromatic carbocycles. The SMILES string of the molecule is CCOCC(OCCNC(=O)C1=C(c2ccc(OC)c(Cl)c2)OCN1)SF. The van der Waals surface area contributed by atoms with Gasteiger partial charge in [0.1, 0.15) is 11.4 Å². The fourth-order valence-electron chi connectivity index (χ4n) is 2.31. The van der Waals surface area contributed by atoms with Gasteiger partial charge in [0.15, 0.2) is 17.9 Å². The van der Waals surface area contributed by atoms with Crippen molar-refractivity contribution < 1.29 is 27.6 Å². The van der Waals surface area contributed by atoms with E-state index in [0.717, 1.165) is 0 Å². The number of methoxy groups -OCH3 is 1. The molecule has 0 aromatic heterocycles. The molecule has 0 saturated carbocycles. The quantitative estimate of drug-likeness (QED) is 0.421. The molecule has 1 heterocycles. The summed E-state index contributed by atoms with van der Waals surface area (Å²) in [7, 11) is 1.52. The smallest absolute Gasteiger partial charge is 0.271 e. The van der Waals surface area contributed by atoms with Gasteiger partial charge in [-0.15, -0.1) is 0 Å². The van der Waals surface area contributed by atoms with Gasteiger partial charge in [-0.3, -0.25) is 4.79 Å². The van der Waals surface area contributed by atoms with Crippen molar-refractivity contribution in [1.82, 2.24) is 10.6 Å². The maximum Gasteiger partial charge on any atom is 0.271 e. The molecule has 0 bridgehead atoms. The number of benzene rings is 1. The van der Waals surface area contributed by atoms with Crippen LogP contribution in [-0.4, -0.2) is 51.5 Å². The van der Waals surface area contributed by atoms with E-state index < -0.39 is 5.44 Å². The second-order valence-corrected chi connectivity index (χ2v) is 6.43. The van der Waals surface area contributed by atoms with E-state index in [2.05, 4.69) is 10.6 Å². The molecule has 2 N–H and O–H groups in total. The van der Waals surface area contributed by atoms with Crippen molar-refractivity contribution in [3.8, 4) is 5.75 Å². The van der Waals surface area contributed by atoms with Crippen LogP contribution in [0.2, 0.25) is 5.02 Å². The predicted octanol–water partition coefficient (Wildman–Crippen LogP) is 2.71. The van der Waals surface area contributed by atoms with Crippen LogP contribution in [0.25, 0.3) is 5.76 Å². The van der Waals surface area contributed by atoms with Gasteiger partial charge >= 0.3 is 0 Å². The Morgan fingerprint density at radius 3 is 3.00 bits per heavy atom. The van der Waals surface area contributed by atoms with Crippen LogP contribution in [-0.2, 0) is 19.0 Å². The lowest BCUT2D eigenvalue weighted by molar-refractivity contribution is -0.118. The number of ether oxygens (including phenoxy) is 4. The lowest BCUT2D eigenvalue weighted by Gasteiger charge is -2.13. The first-order chi connectivity index (χ1) is 13.1. The topological polar surface area (TPSA) is 78.1 Å². The number of carbonyl (C=O) groups is 1. The molecule has 1 aromatic rings. The second-order valence-electron chi connectivity index (χ2n) is 5.32. The standard InChI is InChI=1S/C17H22ClFN2O5S/c1-3-24-9-14(27-19)25-7-6-20-17(22)15-16(26-10-21-15)11-4-5-13(23-2)12(18)8-11/h4-5,8,14,21H,3,6-7,9-10H2,1-2H3,(H,20,22). The molecule has 0 spiro atoms. The number of hydrogen-bond acceptors (Lipinski definition) is 7. The number of carbonyl (C=O) groups excluding carboxylic acids is 1. The maximum absolute atomic E-state index is 12.7. The summed E-state index contributed by atoms with van der Waals surface area (Å²) in [4.78, 5) is 12.4. The zero-order valence-electron chi connectivity index (χ0n) is 15.1. The first kappa shape index (κ1) is 21.6. The average molecular weight is 421 g/mol. The zero-order valence-corrected chi connectivity index (χ0v) is 16.6. The molecule has 0 aliphatic carbocycles. The summed E-state index contributed by atoms with van der Waals surface area (Å²) in [6.45, 7) is 2.98. The highest BCUT2D eigenvalue weighted by Crippen LogP contribution is 2.30. The van der Waals surface area contributed by atoms with Crippen LogP contribution in [0.15, 0.2) is 23.9 Å². The lowest BCUT2D eigenvalue weighted by atomic mass is 10.1. The van der Waals surface area contributed by atoms with Gasteiger partial charge in [-0.2, -0.15) is 3.89 Å². The molecule has 1 amide bonds. The first-order valence-electron chi connectivity index (χ1n) is 8.30. The van der Waals surface area contributed by atoms with Crippen molar-refractivity contribution in [3.63, 3.8) is 0 Å². The van der Waals surface area contributed by atoms with Crippen LogP contribution < -0.4 is 15.4 Å². The van der Waals surface area contributed by atoms with Crippen molar-refractivity contribution in [2.24, 2.45) is 0 Å². The monoisotopic (exact) mass is 420 g/mol. The molecular formula is C17H22ClFN2O5S. The van der Waals surface area contributed by atoms with Crippen molar-refractivity contribution >= 4 is 35.4 Å². The highest BCUT2D eigenvalue weighted by atomic mass is 35.5. The highest BCUT2D eigenvalue weighted by molar-refractivity contribution is 7.94. The Labute approximate surface area is 166 Å². The van der Waals surface area contributed by atoms with E-state index in [1.165, 1.54) is 7.11 Å². The third-order valence-corrected chi connectivity index (χ3v) is 4.35.